The number of nitrogens with two attached hydrogens (primary N) is 1. The van der Waals surface area contributed by atoms with Gasteiger partial charge in [-0.05, 0) is 49.4 Å². The summed E-state index contributed by atoms with van der Waals surface area (Å²) in [5, 5.41) is 2.96. The van der Waals surface area contributed by atoms with Gasteiger partial charge in [-0.25, -0.2) is 0 Å². The maximum atomic E-state index is 12.0. The summed E-state index contributed by atoms with van der Waals surface area (Å²) in [7, 11) is 0. The fourth-order valence-corrected chi connectivity index (χ4v) is 2.48. The molecular weight excluding hydrogens is 304 g/mol. The minimum atomic E-state index is 0.0392. The van der Waals surface area contributed by atoms with E-state index in [9.17, 15) is 4.79 Å². The quantitative estimate of drug-likeness (QED) is 0.837. The molecule has 0 spiro atoms. The number of nitrogens with one attached hydrogen (secondary N) is 1. The van der Waals surface area contributed by atoms with E-state index >= 15 is 0 Å². The molecule has 1 atom stereocenters. The Morgan fingerprint density at radius 1 is 1.42 bits per heavy atom. The van der Waals surface area contributed by atoms with E-state index in [0.29, 0.717) is 18.9 Å². The molecule has 0 fully saturated rings. The fourth-order valence-electron chi connectivity index (χ4n) is 2.12. The highest BCUT2D eigenvalue weighted by atomic mass is 79.9. The molecule has 1 rings (SSSR count). The zero-order chi connectivity index (χ0) is 14.4. The molecule has 3 nitrogen and oxygen atoms in total. The van der Waals surface area contributed by atoms with Gasteiger partial charge in [0.05, 0.1) is 0 Å². The molecule has 0 heterocycles. The average molecular weight is 327 g/mol. The molecule has 0 aliphatic rings. The molecule has 0 aromatic heterocycles. The van der Waals surface area contributed by atoms with E-state index in [1.807, 2.05) is 25.1 Å². The Kier molecular flexibility index (Phi) is 6.52. The number of amides is 1. The van der Waals surface area contributed by atoms with E-state index in [0.717, 1.165) is 22.1 Å². The Morgan fingerprint density at radius 3 is 2.68 bits per heavy atom. The van der Waals surface area contributed by atoms with Crippen molar-refractivity contribution < 1.29 is 4.79 Å². The first-order valence-electron chi connectivity index (χ1n) is 6.68. The van der Waals surface area contributed by atoms with Crippen molar-refractivity contribution in [2.45, 2.75) is 33.6 Å². The Balaban J connectivity index is 2.61. The molecule has 1 aromatic rings. The maximum absolute atomic E-state index is 12.0. The van der Waals surface area contributed by atoms with Crippen LogP contribution in [0.2, 0.25) is 0 Å². The lowest BCUT2D eigenvalue weighted by molar-refractivity contribution is -0.117. The molecule has 0 saturated carbocycles. The van der Waals surface area contributed by atoms with Crippen molar-refractivity contribution in [2.75, 3.05) is 11.9 Å². The molecule has 0 aliphatic carbocycles. The molecule has 0 radical (unpaired) electrons. The number of halogens is 1. The van der Waals surface area contributed by atoms with Crippen LogP contribution in [0.3, 0.4) is 0 Å². The summed E-state index contributed by atoms with van der Waals surface area (Å²) in [5.74, 6) is 0.860. The number of carbonyl (C=O) groups is 1. The van der Waals surface area contributed by atoms with Gasteiger partial charge in [0.25, 0.3) is 0 Å². The van der Waals surface area contributed by atoms with Crippen LogP contribution in [0.5, 0.6) is 0 Å². The number of hydrogen-bond acceptors (Lipinski definition) is 2. The van der Waals surface area contributed by atoms with Gasteiger partial charge >= 0.3 is 0 Å². The number of benzene rings is 1. The fraction of sp³-hybridized carbons (Fsp3) is 0.533. The summed E-state index contributed by atoms with van der Waals surface area (Å²) in [6, 6.07) is 5.87. The summed E-state index contributed by atoms with van der Waals surface area (Å²) in [4.78, 5) is 12.0. The van der Waals surface area contributed by atoms with Crippen molar-refractivity contribution in [1.29, 1.82) is 0 Å². The SMILES string of the molecule is Cc1ccc(Br)cc1NC(=O)CC(CN)CC(C)C. The van der Waals surface area contributed by atoms with Crippen LogP contribution in [0.15, 0.2) is 22.7 Å². The van der Waals surface area contributed by atoms with Crippen molar-refractivity contribution in [1.82, 2.24) is 0 Å². The molecule has 1 aromatic carbocycles. The van der Waals surface area contributed by atoms with Crippen LogP contribution in [0.4, 0.5) is 5.69 Å². The molecule has 0 saturated heterocycles. The van der Waals surface area contributed by atoms with Crippen LogP contribution >= 0.6 is 15.9 Å². The van der Waals surface area contributed by atoms with Gasteiger partial charge in [0.1, 0.15) is 0 Å². The lowest BCUT2D eigenvalue weighted by Gasteiger charge is -2.17. The van der Waals surface area contributed by atoms with Gasteiger partial charge in [-0.3, -0.25) is 4.79 Å². The second-order valence-corrected chi connectivity index (χ2v) is 6.36. The lowest BCUT2D eigenvalue weighted by Crippen LogP contribution is -2.23. The third-order valence-electron chi connectivity index (χ3n) is 3.09. The number of hydrogen-bond donors (Lipinski definition) is 2. The van der Waals surface area contributed by atoms with E-state index in [1.54, 1.807) is 0 Å². The first kappa shape index (κ1) is 16.2. The van der Waals surface area contributed by atoms with Crippen LogP contribution in [0.25, 0.3) is 0 Å². The summed E-state index contributed by atoms with van der Waals surface area (Å²) in [6.07, 6.45) is 1.47. The second-order valence-electron chi connectivity index (χ2n) is 5.44. The molecule has 4 heteroatoms. The van der Waals surface area contributed by atoms with Crippen LogP contribution in [0.1, 0.15) is 32.3 Å². The number of anilines is 1. The smallest absolute Gasteiger partial charge is 0.224 e. The summed E-state index contributed by atoms with van der Waals surface area (Å²) < 4.78 is 0.964. The first-order chi connectivity index (χ1) is 8.92. The van der Waals surface area contributed by atoms with E-state index < -0.39 is 0 Å². The van der Waals surface area contributed by atoms with Crippen LogP contribution in [-0.4, -0.2) is 12.5 Å². The number of rotatable bonds is 6. The molecule has 3 N–H and O–H groups in total. The van der Waals surface area contributed by atoms with E-state index in [1.165, 1.54) is 0 Å². The van der Waals surface area contributed by atoms with Crippen LogP contribution < -0.4 is 11.1 Å². The summed E-state index contributed by atoms with van der Waals surface area (Å²) >= 11 is 3.41. The molecule has 1 unspecified atom stereocenters. The summed E-state index contributed by atoms with van der Waals surface area (Å²) in [5.41, 5.74) is 7.65. The van der Waals surface area contributed by atoms with Gasteiger partial charge in [0.15, 0.2) is 0 Å². The van der Waals surface area contributed by atoms with E-state index in [2.05, 4.69) is 35.1 Å². The first-order valence-corrected chi connectivity index (χ1v) is 7.47. The summed E-state index contributed by atoms with van der Waals surface area (Å²) in [6.45, 7) is 6.84. The minimum absolute atomic E-state index is 0.0392. The van der Waals surface area contributed by atoms with Gasteiger partial charge in [0, 0.05) is 16.6 Å². The second kappa shape index (κ2) is 7.65. The third kappa shape index (κ3) is 5.74. The normalized spacial score (nSPS) is 12.5. The van der Waals surface area contributed by atoms with E-state index in [-0.39, 0.29) is 11.8 Å². The molecular formula is C15H23BrN2O. The Hall–Kier alpha value is -0.870. The van der Waals surface area contributed by atoms with Crippen molar-refractivity contribution in [3.63, 3.8) is 0 Å². The van der Waals surface area contributed by atoms with Gasteiger partial charge in [-0.15, -0.1) is 0 Å². The predicted octanol–water partition coefficient (Wildman–Crippen LogP) is 3.71. The van der Waals surface area contributed by atoms with Crippen molar-refractivity contribution in [3.8, 4) is 0 Å². The molecule has 106 valence electrons. The van der Waals surface area contributed by atoms with Crippen molar-refractivity contribution in [3.05, 3.63) is 28.2 Å². The zero-order valence-electron chi connectivity index (χ0n) is 11.9. The van der Waals surface area contributed by atoms with Crippen molar-refractivity contribution >= 4 is 27.5 Å². The monoisotopic (exact) mass is 326 g/mol. The Bertz CT molecular complexity index is 432. The highest BCUT2D eigenvalue weighted by Crippen LogP contribution is 2.22. The zero-order valence-corrected chi connectivity index (χ0v) is 13.5. The predicted molar refractivity (Wildman–Crippen MR) is 84.1 cm³/mol. The largest absolute Gasteiger partial charge is 0.330 e. The molecule has 19 heavy (non-hydrogen) atoms. The van der Waals surface area contributed by atoms with Crippen molar-refractivity contribution in [2.24, 2.45) is 17.6 Å². The third-order valence-corrected chi connectivity index (χ3v) is 3.58. The topological polar surface area (TPSA) is 55.1 Å². The standard InChI is InChI=1S/C15H23BrN2O/c1-10(2)6-12(9-17)7-15(19)18-14-8-13(16)5-4-11(14)3/h4-5,8,10,12H,6-7,9,17H2,1-3H3,(H,18,19). The minimum Gasteiger partial charge on any atom is -0.330 e. The van der Waals surface area contributed by atoms with Crippen LogP contribution in [0, 0.1) is 18.8 Å². The number of aryl methyl sites for hydroxylation is 1. The molecule has 1 amide bonds. The lowest BCUT2D eigenvalue weighted by atomic mass is 9.94. The van der Waals surface area contributed by atoms with Gasteiger partial charge in [-0.2, -0.15) is 0 Å². The van der Waals surface area contributed by atoms with Crippen LogP contribution in [-0.2, 0) is 4.79 Å². The molecule has 0 bridgehead atoms. The van der Waals surface area contributed by atoms with Gasteiger partial charge < -0.3 is 11.1 Å². The Labute approximate surface area is 124 Å². The average Bonchev–Trinajstić information content (AvgIpc) is 2.32. The van der Waals surface area contributed by atoms with E-state index in [4.69, 9.17) is 5.73 Å². The van der Waals surface area contributed by atoms with Gasteiger partial charge in [-0.1, -0.05) is 35.8 Å². The molecule has 0 aliphatic heterocycles. The highest BCUT2D eigenvalue weighted by molar-refractivity contribution is 9.10. The highest BCUT2D eigenvalue weighted by Gasteiger charge is 2.14. The van der Waals surface area contributed by atoms with Gasteiger partial charge in [0.2, 0.25) is 5.91 Å². The maximum Gasteiger partial charge on any atom is 0.224 e. The Morgan fingerprint density at radius 2 is 2.11 bits per heavy atom. The number of carbonyl (C=O) groups excluding carboxylic acids is 1.